The number of amides is 1. The molecule has 0 spiro atoms. The van der Waals surface area contributed by atoms with E-state index in [0.29, 0.717) is 30.9 Å². The van der Waals surface area contributed by atoms with Gasteiger partial charge in [-0.3, -0.25) is 4.79 Å². The first-order valence-corrected chi connectivity index (χ1v) is 8.17. The van der Waals surface area contributed by atoms with Gasteiger partial charge in [0.1, 0.15) is 22.1 Å². The zero-order valence-corrected chi connectivity index (χ0v) is 13.2. The summed E-state index contributed by atoms with van der Waals surface area (Å²) in [7, 11) is 0. The van der Waals surface area contributed by atoms with Crippen LogP contribution in [-0.2, 0) is 4.79 Å². The van der Waals surface area contributed by atoms with Gasteiger partial charge in [0.15, 0.2) is 0 Å². The summed E-state index contributed by atoms with van der Waals surface area (Å²) in [4.78, 5) is 12.2. The van der Waals surface area contributed by atoms with Gasteiger partial charge in [-0.15, -0.1) is 0 Å². The fourth-order valence-corrected chi connectivity index (χ4v) is 3.39. The third kappa shape index (κ3) is 3.84. The number of carbonyl (C=O) groups excluding carboxylic acids is 1. The molecule has 7 heteroatoms. The van der Waals surface area contributed by atoms with Crippen LogP contribution in [0.25, 0.3) is 0 Å². The molecule has 1 aromatic carbocycles. The minimum Gasteiger partial charge on any atom is -0.330 e. The lowest BCUT2D eigenvalue weighted by Crippen LogP contribution is -2.31. The van der Waals surface area contributed by atoms with Gasteiger partial charge in [-0.25, -0.2) is 13.8 Å². The summed E-state index contributed by atoms with van der Waals surface area (Å²) in [6, 6.07) is 3.24. The maximum atomic E-state index is 13.9. The molecule has 4 nitrogen and oxygen atoms in total. The van der Waals surface area contributed by atoms with Gasteiger partial charge in [-0.1, -0.05) is 18.7 Å². The van der Waals surface area contributed by atoms with Crippen LogP contribution in [0.3, 0.4) is 0 Å². The molecule has 1 aromatic rings. The van der Waals surface area contributed by atoms with E-state index in [0.717, 1.165) is 24.6 Å². The minimum atomic E-state index is -0.546. The number of halogens is 2. The van der Waals surface area contributed by atoms with Crippen molar-refractivity contribution < 1.29 is 13.6 Å². The molecule has 2 N–H and O–H groups in total. The number of hydrogen-bond donors (Lipinski definition) is 1. The summed E-state index contributed by atoms with van der Waals surface area (Å²) in [6.07, 6.45) is 2.49. The van der Waals surface area contributed by atoms with Gasteiger partial charge in [-0.05, 0) is 44.0 Å². The van der Waals surface area contributed by atoms with E-state index in [4.69, 9.17) is 5.73 Å². The van der Waals surface area contributed by atoms with Gasteiger partial charge in [0.2, 0.25) is 5.91 Å². The highest BCUT2D eigenvalue weighted by Crippen LogP contribution is 2.34. The zero-order valence-electron chi connectivity index (χ0n) is 12.4. The Morgan fingerprint density at radius 1 is 1.45 bits per heavy atom. The van der Waals surface area contributed by atoms with Gasteiger partial charge in [0, 0.05) is 12.0 Å². The van der Waals surface area contributed by atoms with E-state index in [1.807, 2.05) is 6.92 Å². The van der Waals surface area contributed by atoms with Gasteiger partial charge in [-0.2, -0.15) is 5.10 Å². The van der Waals surface area contributed by atoms with Crippen molar-refractivity contribution in [3.63, 3.8) is 0 Å². The Kier molecular flexibility index (Phi) is 5.90. The molecule has 1 aliphatic heterocycles. The molecule has 0 fully saturated rings. The second-order valence-corrected chi connectivity index (χ2v) is 6.19. The molecule has 1 heterocycles. The molecule has 0 radical (unpaired) electrons. The van der Waals surface area contributed by atoms with E-state index in [-0.39, 0.29) is 16.8 Å². The van der Waals surface area contributed by atoms with E-state index in [2.05, 4.69) is 5.10 Å². The molecule has 0 aliphatic carbocycles. The number of benzene rings is 1. The molecule has 0 bridgehead atoms. The molecule has 0 aromatic heterocycles. The quantitative estimate of drug-likeness (QED) is 0.873. The van der Waals surface area contributed by atoms with Crippen LogP contribution in [-0.4, -0.2) is 27.9 Å². The van der Waals surface area contributed by atoms with Gasteiger partial charge in [0.05, 0.1) is 0 Å². The Labute approximate surface area is 132 Å². The van der Waals surface area contributed by atoms with Crippen molar-refractivity contribution >= 4 is 22.7 Å². The lowest BCUT2D eigenvalue weighted by atomic mass is 10.2. The predicted molar refractivity (Wildman–Crippen MR) is 84.3 cm³/mol. The Hall–Kier alpha value is -1.47. The first-order valence-electron chi connectivity index (χ1n) is 7.29. The van der Waals surface area contributed by atoms with Crippen LogP contribution < -0.4 is 5.73 Å². The number of nitrogens with zero attached hydrogens (tertiary/aromatic N) is 2. The van der Waals surface area contributed by atoms with Crippen LogP contribution in [0.2, 0.25) is 0 Å². The molecule has 2 rings (SSSR count). The van der Waals surface area contributed by atoms with Crippen molar-refractivity contribution in [2.45, 2.75) is 38.0 Å². The number of thioether (sulfide) groups is 1. The number of carbonyl (C=O) groups is 1. The highest BCUT2D eigenvalue weighted by molar-refractivity contribution is 8.15. The van der Waals surface area contributed by atoms with Crippen molar-refractivity contribution in [3.05, 3.63) is 35.4 Å². The molecule has 0 saturated carbocycles. The molecule has 0 saturated heterocycles. The van der Waals surface area contributed by atoms with E-state index >= 15 is 0 Å². The highest BCUT2D eigenvalue weighted by atomic mass is 32.2. The molecule has 120 valence electrons. The Morgan fingerprint density at radius 3 is 2.91 bits per heavy atom. The van der Waals surface area contributed by atoms with Crippen molar-refractivity contribution in [3.8, 4) is 0 Å². The number of rotatable bonds is 6. The van der Waals surface area contributed by atoms with Gasteiger partial charge in [0.25, 0.3) is 0 Å². The second kappa shape index (κ2) is 7.69. The Morgan fingerprint density at radius 2 is 2.23 bits per heavy atom. The van der Waals surface area contributed by atoms with Crippen LogP contribution in [0.15, 0.2) is 23.3 Å². The summed E-state index contributed by atoms with van der Waals surface area (Å²) in [5, 5.41) is 5.75. The summed E-state index contributed by atoms with van der Waals surface area (Å²) in [5.41, 5.74) is 5.61. The van der Waals surface area contributed by atoms with E-state index in [9.17, 15) is 13.6 Å². The van der Waals surface area contributed by atoms with Crippen LogP contribution in [0.1, 0.15) is 38.2 Å². The van der Waals surface area contributed by atoms with Gasteiger partial charge < -0.3 is 5.73 Å². The smallest absolute Gasteiger partial charge is 0.243 e. The SMILES string of the molecule is CCCC(=O)N1N=C(c2cc(F)ccc2F)SC1CCCN. The summed E-state index contributed by atoms with van der Waals surface area (Å²) in [6.45, 7) is 2.42. The van der Waals surface area contributed by atoms with E-state index in [1.54, 1.807) is 0 Å². The Balaban J connectivity index is 2.26. The van der Waals surface area contributed by atoms with Crippen LogP contribution in [0.5, 0.6) is 0 Å². The van der Waals surface area contributed by atoms with Crippen molar-refractivity contribution in [2.75, 3.05) is 6.54 Å². The van der Waals surface area contributed by atoms with E-state index in [1.165, 1.54) is 16.8 Å². The molecule has 1 atom stereocenters. The molecular weight excluding hydrogens is 308 g/mol. The highest BCUT2D eigenvalue weighted by Gasteiger charge is 2.32. The topological polar surface area (TPSA) is 58.7 Å². The standard InChI is InChI=1S/C15H19F2N3OS/c1-2-4-13(21)20-14(5-3-8-18)22-15(19-20)11-9-10(16)6-7-12(11)17/h6-7,9,14H,2-5,8,18H2,1H3. The first kappa shape index (κ1) is 16.9. The third-order valence-electron chi connectivity index (χ3n) is 3.25. The number of hydrazone groups is 1. The normalized spacial score (nSPS) is 17.7. The van der Waals surface area contributed by atoms with Crippen LogP contribution >= 0.6 is 11.8 Å². The summed E-state index contributed by atoms with van der Waals surface area (Å²) >= 11 is 1.28. The molecule has 1 amide bonds. The summed E-state index contributed by atoms with van der Waals surface area (Å²) < 4.78 is 27.2. The zero-order chi connectivity index (χ0) is 16.1. The van der Waals surface area contributed by atoms with Crippen LogP contribution in [0, 0.1) is 11.6 Å². The molecule has 22 heavy (non-hydrogen) atoms. The predicted octanol–water partition coefficient (Wildman–Crippen LogP) is 3.07. The monoisotopic (exact) mass is 327 g/mol. The second-order valence-electron chi connectivity index (χ2n) is 5.02. The molecule has 1 unspecified atom stereocenters. The summed E-state index contributed by atoms with van der Waals surface area (Å²) in [5.74, 6) is -1.18. The molecule has 1 aliphatic rings. The largest absolute Gasteiger partial charge is 0.330 e. The number of hydrogen-bond acceptors (Lipinski definition) is 4. The Bertz CT molecular complexity index is 580. The fourth-order valence-electron chi connectivity index (χ4n) is 2.16. The lowest BCUT2D eigenvalue weighted by Gasteiger charge is -2.20. The fraction of sp³-hybridized carbons (Fsp3) is 0.467. The van der Waals surface area contributed by atoms with E-state index < -0.39 is 11.6 Å². The average Bonchev–Trinajstić information content (AvgIpc) is 2.92. The van der Waals surface area contributed by atoms with Crippen molar-refractivity contribution in [2.24, 2.45) is 10.8 Å². The maximum Gasteiger partial charge on any atom is 0.243 e. The number of nitrogens with two attached hydrogens (primary N) is 1. The first-order chi connectivity index (χ1) is 10.6. The lowest BCUT2D eigenvalue weighted by molar-refractivity contribution is -0.131. The third-order valence-corrected chi connectivity index (χ3v) is 4.48. The van der Waals surface area contributed by atoms with Crippen LogP contribution in [0.4, 0.5) is 8.78 Å². The molecular formula is C15H19F2N3OS. The maximum absolute atomic E-state index is 13.9. The minimum absolute atomic E-state index is 0.0922. The average molecular weight is 327 g/mol. The van der Waals surface area contributed by atoms with Crippen molar-refractivity contribution in [1.29, 1.82) is 0 Å². The van der Waals surface area contributed by atoms with Gasteiger partial charge >= 0.3 is 0 Å². The van der Waals surface area contributed by atoms with Crippen molar-refractivity contribution in [1.82, 2.24) is 5.01 Å².